The van der Waals surface area contributed by atoms with Crippen molar-refractivity contribution < 1.29 is 13.5 Å². The molecule has 1 aliphatic rings. The minimum Gasteiger partial charge on any atom is -0.508 e. The SMILES string of the molecule is CC1CCCCCN1S(=O)(=O)c1cccc(O)c1. The van der Waals surface area contributed by atoms with Crippen LogP contribution in [0.1, 0.15) is 32.6 Å². The van der Waals surface area contributed by atoms with Crippen LogP contribution in [0.3, 0.4) is 0 Å². The molecule has 0 bridgehead atoms. The number of sulfonamides is 1. The Morgan fingerprint density at radius 3 is 2.78 bits per heavy atom. The quantitative estimate of drug-likeness (QED) is 0.896. The first-order valence-corrected chi connectivity index (χ1v) is 7.77. The molecule has 18 heavy (non-hydrogen) atoms. The van der Waals surface area contributed by atoms with E-state index < -0.39 is 10.0 Å². The Bertz CT molecular complexity index is 513. The average Bonchev–Trinajstić information content (AvgIpc) is 2.54. The van der Waals surface area contributed by atoms with Crippen LogP contribution in [0.15, 0.2) is 29.2 Å². The van der Waals surface area contributed by atoms with Crippen molar-refractivity contribution >= 4 is 10.0 Å². The summed E-state index contributed by atoms with van der Waals surface area (Å²) in [7, 11) is -3.48. The van der Waals surface area contributed by atoms with Crippen LogP contribution in [0.25, 0.3) is 0 Å². The Kier molecular flexibility index (Phi) is 3.92. The van der Waals surface area contributed by atoms with Crippen LogP contribution in [0, 0.1) is 0 Å². The lowest BCUT2D eigenvalue weighted by Crippen LogP contribution is -2.38. The third-order valence-electron chi connectivity index (χ3n) is 3.42. The number of phenolic OH excluding ortho intramolecular Hbond substituents is 1. The summed E-state index contributed by atoms with van der Waals surface area (Å²) in [6.45, 7) is 2.52. The molecule has 1 N–H and O–H groups in total. The largest absolute Gasteiger partial charge is 0.508 e. The molecule has 1 unspecified atom stereocenters. The van der Waals surface area contributed by atoms with Crippen molar-refractivity contribution in [3.8, 4) is 5.75 Å². The van der Waals surface area contributed by atoms with E-state index in [0.717, 1.165) is 25.7 Å². The fourth-order valence-corrected chi connectivity index (χ4v) is 4.12. The lowest BCUT2D eigenvalue weighted by Gasteiger charge is -2.26. The maximum absolute atomic E-state index is 12.5. The monoisotopic (exact) mass is 269 g/mol. The fourth-order valence-electron chi connectivity index (χ4n) is 2.38. The van der Waals surface area contributed by atoms with E-state index in [9.17, 15) is 13.5 Å². The number of benzene rings is 1. The van der Waals surface area contributed by atoms with Gasteiger partial charge in [-0.3, -0.25) is 0 Å². The van der Waals surface area contributed by atoms with E-state index >= 15 is 0 Å². The Balaban J connectivity index is 2.35. The molecular formula is C13H19NO3S. The summed E-state index contributed by atoms with van der Waals surface area (Å²) in [5.41, 5.74) is 0. The van der Waals surface area contributed by atoms with E-state index in [-0.39, 0.29) is 16.7 Å². The molecule has 1 saturated heterocycles. The van der Waals surface area contributed by atoms with Gasteiger partial charge in [0.05, 0.1) is 4.90 Å². The van der Waals surface area contributed by atoms with Crippen molar-refractivity contribution in [1.29, 1.82) is 0 Å². The normalized spacial score (nSPS) is 22.6. The maximum Gasteiger partial charge on any atom is 0.243 e. The molecule has 1 atom stereocenters. The zero-order chi connectivity index (χ0) is 13.2. The summed E-state index contributed by atoms with van der Waals surface area (Å²) >= 11 is 0. The molecule has 100 valence electrons. The van der Waals surface area contributed by atoms with Crippen molar-refractivity contribution in [3.63, 3.8) is 0 Å². The van der Waals surface area contributed by atoms with Gasteiger partial charge < -0.3 is 5.11 Å². The lowest BCUT2D eigenvalue weighted by molar-refractivity contribution is 0.342. The van der Waals surface area contributed by atoms with Gasteiger partial charge >= 0.3 is 0 Å². The molecule has 0 aromatic heterocycles. The van der Waals surface area contributed by atoms with E-state index in [2.05, 4.69) is 0 Å². The predicted molar refractivity (Wildman–Crippen MR) is 69.9 cm³/mol. The molecule has 2 rings (SSSR count). The van der Waals surface area contributed by atoms with E-state index in [1.54, 1.807) is 10.4 Å². The second-order valence-corrected chi connectivity index (χ2v) is 6.70. The molecule has 0 amide bonds. The van der Waals surface area contributed by atoms with Crippen LogP contribution in [0.2, 0.25) is 0 Å². The molecule has 0 spiro atoms. The number of phenols is 1. The van der Waals surface area contributed by atoms with E-state index in [0.29, 0.717) is 6.54 Å². The summed E-state index contributed by atoms with van der Waals surface area (Å²) in [5.74, 6) is -0.0152. The summed E-state index contributed by atoms with van der Waals surface area (Å²) in [4.78, 5) is 0.177. The van der Waals surface area contributed by atoms with Crippen LogP contribution in [0.5, 0.6) is 5.75 Å². The smallest absolute Gasteiger partial charge is 0.243 e. The topological polar surface area (TPSA) is 57.6 Å². The average molecular weight is 269 g/mol. The first kappa shape index (κ1) is 13.4. The van der Waals surface area contributed by atoms with Gasteiger partial charge in [0.1, 0.15) is 5.75 Å². The van der Waals surface area contributed by atoms with Crippen LogP contribution in [-0.2, 0) is 10.0 Å². The molecule has 4 nitrogen and oxygen atoms in total. The fraction of sp³-hybridized carbons (Fsp3) is 0.538. The van der Waals surface area contributed by atoms with Crippen molar-refractivity contribution in [1.82, 2.24) is 4.31 Å². The highest BCUT2D eigenvalue weighted by molar-refractivity contribution is 7.89. The van der Waals surface area contributed by atoms with Gasteiger partial charge in [0.25, 0.3) is 0 Å². The lowest BCUT2D eigenvalue weighted by atomic mass is 10.1. The molecule has 0 saturated carbocycles. The second-order valence-electron chi connectivity index (χ2n) is 4.81. The Morgan fingerprint density at radius 1 is 1.28 bits per heavy atom. The summed E-state index contributed by atoms with van der Waals surface area (Å²) in [6, 6.07) is 5.91. The van der Waals surface area contributed by atoms with E-state index in [1.807, 2.05) is 6.92 Å². The molecule has 0 aliphatic carbocycles. The number of rotatable bonds is 2. The Morgan fingerprint density at radius 2 is 2.06 bits per heavy atom. The van der Waals surface area contributed by atoms with Crippen LogP contribution >= 0.6 is 0 Å². The summed E-state index contributed by atoms with van der Waals surface area (Å²) in [6.07, 6.45) is 3.96. The maximum atomic E-state index is 12.5. The molecule has 1 aromatic rings. The molecular weight excluding hydrogens is 250 g/mol. The number of hydrogen-bond donors (Lipinski definition) is 1. The van der Waals surface area contributed by atoms with Gasteiger partial charge in [-0.25, -0.2) is 8.42 Å². The van der Waals surface area contributed by atoms with Crippen LogP contribution in [0.4, 0.5) is 0 Å². The van der Waals surface area contributed by atoms with Gasteiger partial charge in [0, 0.05) is 12.6 Å². The minimum absolute atomic E-state index is 0.0152. The van der Waals surface area contributed by atoms with Crippen molar-refractivity contribution in [2.45, 2.75) is 43.5 Å². The third kappa shape index (κ3) is 2.67. The van der Waals surface area contributed by atoms with Crippen molar-refractivity contribution in [2.75, 3.05) is 6.54 Å². The van der Waals surface area contributed by atoms with Gasteiger partial charge in [0.2, 0.25) is 10.0 Å². The van der Waals surface area contributed by atoms with Gasteiger partial charge in [-0.15, -0.1) is 0 Å². The first-order valence-electron chi connectivity index (χ1n) is 6.33. The van der Waals surface area contributed by atoms with Crippen molar-refractivity contribution in [3.05, 3.63) is 24.3 Å². The molecule has 1 heterocycles. The predicted octanol–water partition coefficient (Wildman–Crippen LogP) is 2.35. The van der Waals surface area contributed by atoms with Gasteiger partial charge in [-0.2, -0.15) is 4.31 Å². The Labute approximate surface area is 108 Å². The molecule has 5 heteroatoms. The van der Waals surface area contributed by atoms with E-state index in [1.165, 1.54) is 18.2 Å². The molecule has 1 aromatic carbocycles. The third-order valence-corrected chi connectivity index (χ3v) is 5.43. The molecule has 1 aliphatic heterocycles. The highest BCUT2D eigenvalue weighted by Gasteiger charge is 2.29. The standard InChI is InChI=1S/C13H19NO3S/c1-11-6-3-2-4-9-14(11)18(16,17)13-8-5-7-12(15)10-13/h5,7-8,10-11,15H,2-4,6,9H2,1H3. The van der Waals surface area contributed by atoms with Gasteiger partial charge in [-0.05, 0) is 38.0 Å². The van der Waals surface area contributed by atoms with Crippen molar-refractivity contribution in [2.24, 2.45) is 0 Å². The highest BCUT2D eigenvalue weighted by Crippen LogP contribution is 2.26. The zero-order valence-electron chi connectivity index (χ0n) is 10.5. The van der Waals surface area contributed by atoms with Crippen LogP contribution in [-0.4, -0.2) is 30.4 Å². The first-order chi connectivity index (χ1) is 8.51. The number of hydrogen-bond acceptors (Lipinski definition) is 3. The number of aromatic hydroxyl groups is 1. The van der Waals surface area contributed by atoms with Gasteiger partial charge in [0.15, 0.2) is 0 Å². The number of nitrogens with zero attached hydrogens (tertiary/aromatic N) is 1. The Hall–Kier alpha value is -1.07. The summed E-state index contributed by atoms with van der Waals surface area (Å²) in [5, 5.41) is 9.41. The molecule has 1 fully saturated rings. The van der Waals surface area contributed by atoms with E-state index in [4.69, 9.17) is 0 Å². The zero-order valence-corrected chi connectivity index (χ0v) is 11.4. The molecule has 0 radical (unpaired) electrons. The second kappa shape index (κ2) is 5.28. The summed E-state index contributed by atoms with van der Waals surface area (Å²) < 4.78 is 26.6. The van der Waals surface area contributed by atoms with Gasteiger partial charge in [-0.1, -0.05) is 18.9 Å². The minimum atomic E-state index is -3.48. The van der Waals surface area contributed by atoms with Crippen LogP contribution < -0.4 is 0 Å². The highest BCUT2D eigenvalue weighted by atomic mass is 32.2.